The molecule has 0 fully saturated rings. The fourth-order valence-electron chi connectivity index (χ4n) is 1.16. The van der Waals surface area contributed by atoms with Crippen LogP contribution < -0.4 is 5.32 Å². The number of amides is 2. The average Bonchev–Trinajstić information content (AvgIpc) is 2.25. The number of carbonyl (C=O) groups excluding carboxylic acids is 1. The number of rotatable bonds is 7. The van der Waals surface area contributed by atoms with Gasteiger partial charge in [-0.15, -0.1) is 0 Å². The van der Waals surface area contributed by atoms with Crippen molar-refractivity contribution in [2.45, 2.75) is 26.0 Å². The number of carboxylic acid groups (broad SMARTS) is 1. The highest BCUT2D eigenvalue weighted by Gasteiger charge is 2.19. The lowest BCUT2D eigenvalue weighted by Gasteiger charge is -2.26. The van der Waals surface area contributed by atoms with Crippen LogP contribution in [0.4, 0.5) is 4.79 Å². The van der Waals surface area contributed by atoms with Gasteiger partial charge in [0.05, 0.1) is 13.2 Å². The SMILES string of the molecule is COCCN(C(=O)NC[C@H](O)C(=O)O)C(C)C. The van der Waals surface area contributed by atoms with Crippen LogP contribution in [0.5, 0.6) is 0 Å². The first-order valence-electron chi connectivity index (χ1n) is 5.34. The maximum absolute atomic E-state index is 11.7. The largest absolute Gasteiger partial charge is 0.479 e. The number of aliphatic hydroxyl groups excluding tert-OH is 1. The minimum atomic E-state index is -1.59. The van der Waals surface area contributed by atoms with E-state index in [4.69, 9.17) is 14.9 Å². The van der Waals surface area contributed by atoms with Crippen LogP contribution >= 0.6 is 0 Å². The molecule has 0 rings (SSSR count). The zero-order valence-electron chi connectivity index (χ0n) is 10.3. The summed E-state index contributed by atoms with van der Waals surface area (Å²) < 4.78 is 4.87. The molecule has 17 heavy (non-hydrogen) atoms. The molecule has 0 radical (unpaired) electrons. The quantitative estimate of drug-likeness (QED) is 0.564. The molecule has 7 nitrogen and oxygen atoms in total. The number of carboxylic acids is 1. The van der Waals surface area contributed by atoms with Gasteiger partial charge in [-0.2, -0.15) is 0 Å². The van der Waals surface area contributed by atoms with Crippen molar-refractivity contribution in [1.29, 1.82) is 0 Å². The van der Waals surface area contributed by atoms with Crippen molar-refractivity contribution in [2.24, 2.45) is 0 Å². The van der Waals surface area contributed by atoms with Gasteiger partial charge in [-0.25, -0.2) is 9.59 Å². The number of carbonyl (C=O) groups is 2. The van der Waals surface area contributed by atoms with Crippen LogP contribution in [0, 0.1) is 0 Å². The van der Waals surface area contributed by atoms with Crippen LogP contribution in [0.25, 0.3) is 0 Å². The first kappa shape index (κ1) is 15.7. The molecule has 0 aromatic heterocycles. The van der Waals surface area contributed by atoms with Crippen molar-refractivity contribution in [3.8, 4) is 0 Å². The zero-order valence-corrected chi connectivity index (χ0v) is 10.3. The Morgan fingerprint density at radius 2 is 2.00 bits per heavy atom. The van der Waals surface area contributed by atoms with Crippen molar-refractivity contribution in [3.05, 3.63) is 0 Å². The summed E-state index contributed by atoms with van der Waals surface area (Å²) in [6.07, 6.45) is -1.59. The zero-order chi connectivity index (χ0) is 13.4. The van der Waals surface area contributed by atoms with E-state index in [1.807, 2.05) is 13.8 Å². The molecule has 0 saturated carbocycles. The molecular weight excluding hydrogens is 228 g/mol. The lowest BCUT2D eigenvalue weighted by atomic mass is 10.3. The van der Waals surface area contributed by atoms with E-state index in [1.54, 1.807) is 0 Å². The smallest absolute Gasteiger partial charge is 0.334 e. The fraction of sp³-hybridized carbons (Fsp3) is 0.800. The van der Waals surface area contributed by atoms with Gasteiger partial charge in [0.1, 0.15) is 0 Å². The second-order valence-electron chi connectivity index (χ2n) is 3.82. The summed E-state index contributed by atoms with van der Waals surface area (Å²) in [4.78, 5) is 23.5. The summed E-state index contributed by atoms with van der Waals surface area (Å²) in [5, 5.41) is 19.8. The number of aliphatic hydroxyl groups is 1. The van der Waals surface area contributed by atoms with Crippen molar-refractivity contribution in [3.63, 3.8) is 0 Å². The molecule has 0 spiro atoms. The molecule has 0 aliphatic heterocycles. The summed E-state index contributed by atoms with van der Waals surface area (Å²) in [5.41, 5.74) is 0. The van der Waals surface area contributed by atoms with E-state index < -0.39 is 18.1 Å². The first-order valence-corrected chi connectivity index (χ1v) is 5.34. The van der Waals surface area contributed by atoms with Crippen LogP contribution in [0.15, 0.2) is 0 Å². The highest BCUT2D eigenvalue weighted by molar-refractivity contribution is 5.77. The number of methoxy groups -OCH3 is 1. The molecule has 100 valence electrons. The summed E-state index contributed by atoms with van der Waals surface area (Å²) >= 11 is 0. The molecule has 0 aliphatic rings. The summed E-state index contributed by atoms with van der Waals surface area (Å²) in [6.45, 7) is 4.16. The Balaban J connectivity index is 4.18. The van der Waals surface area contributed by atoms with Crippen molar-refractivity contribution in [2.75, 3.05) is 26.8 Å². The molecule has 0 aromatic rings. The molecule has 3 N–H and O–H groups in total. The minimum Gasteiger partial charge on any atom is -0.479 e. The van der Waals surface area contributed by atoms with Crippen molar-refractivity contribution >= 4 is 12.0 Å². The number of hydrogen-bond donors (Lipinski definition) is 3. The third-order valence-electron chi connectivity index (χ3n) is 2.15. The Labute approximate surface area is 100 Å². The maximum atomic E-state index is 11.7. The monoisotopic (exact) mass is 248 g/mol. The van der Waals surface area contributed by atoms with Crippen LogP contribution in [-0.4, -0.2) is 66.1 Å². The number of urea groups is 1. The third-order valence-corrected chi connectivity index (χ3v) is 2.15. The van der Waals surface area contributed by atoms with Gasteiger partial charge in [-0.1, -0.05) is 0 Å². The Morgan fingerprint density at radius 3 is 2.41 bits per heavy atom. The number of ether oxygens (including phenoxy) is 1. The van der Waals surface area contributed by atoms with Gasteiger partial charge in [0.25, 0.3) is 0 Å². The van der Waals surface area contributed by atoms with Gasteiger partial charge in [-0.05, 0) is 13.8 Å². The molecular formula is C10H20N2O5. The van der Waals surface area contributed by atoms with E-state index in [9.17, 15) is 9.59 Å². The Kier molecular flexibility index (Phi) is 7.24. The summed E-state index contributed by atoms with van der Waals surface area (Å²) in [5.74, 6) is -1.36. The van der Waals surface area contributed by atoms with Crippen LogP contribution in [0.2, 0.25) is 0 Å². The van der Waals surface area contributed by atoms with Crippen LogP contribution in [0.1, 0.15) is 13.8 Å². The van der Waals surface area contributed by atoms with Gasteiger partial charge in [0.15, 0.2) is 6.10 Å². The standard InChI is InChI=1S/C10H20N2O5/c1-7(2)12(4-5-17-3)10(16)11-6-8(13)9(14)15/h7-8,13H,4-6H2,1-3H3,(H,11,16)(H,14,15)/t8-/m0/s1. The van der Waals surface area contributed by atoms with Gasteiger partial charge >= 0.3 is 12.0 Å². The van der Waals surface area contributed by atoms with E-state index in [0.29, 0.717) is 13.2 Å². The second kappa shape index (κ2) is 7.86. The lowest BCUT2D eigenvalue weighted by Crippen LogP contribution is -2.48. The molecule has 0 saturated heterocycles. The molecule has 7 heteroatoms. The summed E-state index contributed by atoms with van der Waals surface area (Å²) in [6, 6.07) is -0.454. The fourth-order valence-corrected chi connectivity index (χ4v) is 1.16. The highest BCUT2D eigenvalue weighted by Crippen LogP contribution is 1.98. The second-order valence-corrected chi connectivity index (χ2v) is 3.82. The van der Waals surface area contributed by atoms with Crippen LogP contribution in [-0.2, 0) is 9.53 Å². The normalized spacial score (nSPS) is 12.3. The van der Waals surface area contributed by atoms with Gasteiger partial charge in [0.2, 0.25) is 0 Å². The van der Waals surface area contributed by atoms with Gasteiger partial charge < -0.3 is 25.2 Å². The Hall–Kier alpha value is -1.34. The maximum Gasteiger partial charge on any atom is 0.334 e. The van der Waals surface area contributed by atoms with Crippen molar-refractivity contribution in [1.82, 2.24) is 10.2 Å². The Morgan fingerprint density at radius 1 is 1.41 bits per heavy atom. The predicted octanol–water partition coefficient (Wildman–Crippen LogP) is -0.502. The first-order chi connectivity index (χ1) is 7.90. The average molecular weight is 248 g/mol. The highest BCUT2D eigenvalue weighted by atomic mass is 16.5. The van der Waals surface area contributed by atoms with E-state index >= 15 is 0 Å². The van der Waals surface area contributed by atoms with Gasteiger partial charge in [0, 0.05) is 19.7 Å². The summed E-state index contributed by atoms with van der Waals surface area (Å²) in [7, 11) is 1.53. The molecule has 1 atom stereocenters. The molecule has 0 unspecified atom stereocenters. The van der Waals surface area contributed by atoms with Crippen LogP contribution in [0.3, 0.4) is 0 Å². The molecule has 0 aliphatic carbocycles. The Bertz CT molecular complexity index is 257. The van der Waals surface area contributed by atoms with E-state index in [1.165, 1.54) is 12.0 Å². The molecule has 2 amide bonds. The predicted molar refractivity (Wildman–Crippen MR) is 60.8 cm³/mol. The molecule has 0 aromatic carbocycles. The lowest BCUT2D eigenvalue weighted by molar-refractivity contribution is -0.146. The topological polar surface area (TPSA) is 99.1 Å². The molecule has 0 heterocycles. The minimum absolute atomic E-state index is 0.0351. The van der Waals surface area contributed by atoms with Crippen molar-refractivity contribution < 1.29 is 24.5 Å². The number of nitrogens with one attached hydrogen (secondary N) is 1. The number of nitrogens with zero attached hydrogens (tertiary/aromatic N) is 1. The van der Waals surface area contributed by atoms with E-state index in [0.717, 1.165) is 0 Å². The molecule has 0 bridgehead atoms. The third kappa shape index (κ3) is 6.08. The van der Waals surface area contributed by atoms with Gasteiger partial charge in [-0.3, -0.25) is 0 Å². The number of aliphatic carboxylic acids is 1. The van der Waals surface area contributed by atoms with E-state index in [2.05, 4.69) is 5.32 Å². The number of hydrogen-bond acceptors (Lipinski definition) is 4. The van der Waals surface area contributed by atoms with E-state index in [-0.39, 0.29) is 12.6 Å².